The lowest BCUT2D eigenvalue weighted by atomic mass is 10.1. The molecule has 1 aromatic heterocycles. The third kappa shape index (κ3) is 2.62. The van der Waals surface area contributed by atoms with E-state index in [1.54, 1.807) is 26.2 Å². The van der Waals surface area contributed by atoms with Crippen LogP contribution in [0.5, 0.6) is 0 Å². The normalized spacial score (nSPS) is 12.2. The number of aryl methyl sites for hydroxylation is 1. The van der Waals surface area contributed by atoms with Crippen LogP contribution < -0.4 is 0 Å². The third-order valence-electron chi connectivity index (χ3n) is 2.50. The van der Waals surface area contributed by atoms with Crippen molar-refractivity contribution in [1.82, 2.24) is 9.88 Å². The molecule has 0 aliphatic carbocycles. The Bertz CT molecular complexity index is 398. The first-order valence-electron chi connectivity index (χ1n) is 5.05. The van der Waals surface area contributed by atoms with Gasteiger partial charge in [-0.15, -0.1) is 0 Å². The van der Waals surface area contributed by atoms with Crippen LogP contribution in [-0.4, -0.2) is 40.5 Å². The molecule has 88 valence electrons. The topological polar surface area (TPSA) is 73.4 Å². The Morgan fingerprint density at radius 1 is 1.56 bits per heavy atom. The summed E-state index contributed by atoms with van der Waals surface area (Å²) in [5, 5.41) is 8.75. The van der Waals surface area contributed by atoms with Crippen molar-refractivity contribution in [3.63, 3.8) is 0 Å². The van der Waals surface area contributed by atoms with Crippen molar-refractivity contribution in [3.05, 3.63) is 23.5 Å². The molecule has 16 heavy (non-hydrogen) atoms. The molecule has 0 fully saturated rings. The predicted octanol–water partition coefficient (Wildman–Crippen LogP) is 1.12. The molecule has 0 bridgehead atoms. The van der Waals surface area contributed by atoms with Crippen molar-refractivity contribution >= 4 is 11.9 Å². The molecule has 0 spiro atoms. The minimum absolute atomic E-state index is 0.160. The van der Waals surface area contributed by atoms with Gasteiger partial charge in [0, 0.05) is 25.5 Å². The lowest BCUT2D eigenvalue weighted by Crippen LogP contribution is -2.33. The van der Waals surface area contributed by atoms with E-state index in [0.717, 1.165) is 5.69 Å². The second-order valence-corrected chi connectivity index (χ2v) is 3.94. The Balaban J connectivity index is 2.69. The van der Waals surface area contributed by atoms with Crippen LogP contribution in [0.3, 0.4) is 0 Å². The van der Waals surface area contributed by atoms with E-state index in [2.05, 4.69) is 4.98 Å². The number of H-pyrrole nitrogens is 1. The number of carbonyl (C=O) groups is 2. The van der Waals surface area contributed by atoms with Gasteiger partial charge in [0.05, 0.1) is 11.5 Å². The lowest BCUT2D eigenvalue weighted by molar-refractivity contribution is -0.141. The summed E-state index contributed by atoms with van der Waals surface area (Å²) in [6.45, 7) is 3.59. The summed E-state index contributed by atoms with van der Waals surface area (Å²) in [6.07, 6.45) is 1.69. The van der Waals surface area contributed by atoms with Crippen LogP contribution in [0, 0.1) is 12.8 Å². The van der Waals surface area contributed by atoms with Gasteiger partial charge in [-0.05, 0) is 13.0 Å². The van der Waals surface area contributed by atoms with E-state index in [9.17, 15) is 9.59 Å². The zero-order valence-electron chi connectivity index (χ0n) is 9.65. The van der Waals surface area contributed by atoms with Gasteiger partial charge in [-0.2, -0.15) is 0 Å². The minimum atomic E-state index is -0.898. The molecule has 0 radical (unpaired) electrons. The lowest BCUT2D eigenvalue weighted by Gasteiger charge is -2.19. The van der Waals surface area contributed by atoms with Gasteiger partial charge in [-0.3, -0.25) is 9.59 Å². The van der Waals surface area contributed by atoms with Gasteiger partial charge in [0.25, 0.3) is 5.91 Å². The Kier molecular flexibility index (Phi) is 3.71. The Morgan fingerprint density at radius 2 is 2.19 bits per heavy atom. The molecule has 1 atom stereocenters. The smallest absolute Gasteiger partial charge is 0.308 e. The van der Waals surface area contributed by atoms with Crippen LogP contribution in [0.2, 0.25) is 0 Å². The van der Waals surface area contributed by atoms with E-state index in [0.29, 0.717) is 5.56 Å². The standard InChI is InChI=1S/C11H16N2O3/c1-7(11(15)16)6-13(3)10(14)9-4-5-12-8(9)2/h4-5,7,12H,6H2,1-3H3,(H,15,16). The van der Waals surface area contributed by atoms with Gasteiger partial charge in [-0.25, -0.2) is 0 Å². The summed E-state index contributed by atoms with van der Waals surface area (Å²) in [6, 6.07) is 1.69. The minimum Gasteiger partial charge on any atom is -0.481 e. The maximum atomic E-state index is 11.9. The molecule has 5 heteroatoms. The summed E-state index contributed by atoms with van der Waals surface area (Å²) in [4.78, 5) is 26.9. The average Bonchev–Trinajstić information content (AvgIpc) is 2.62. The number of hydrogen-bond donors (Lipinski definition) is 2. The Morgan fingerprint density at radius 3 is 2.62 bits per heavy atom. The van der Waals surface area contributed by atoms with Crippen molar-refractivity contribution in [2.24, 2.45) is 5.92 Å². The van der Waals surface area contributed by atoms with E-state index in [4.69, 9.17) is 5.11 Å². The van der Waals surface area contributed by atoms with E-state index in [-0.39, 0.29) is 12.5 Å². The Labute approximate surface area is 94.1 Å². The fraction of sp³-hybridized carbons (Fsp3) is 0.455. The number of amides is 1. The zero-order chi connectivity index (χ0) is 12.3. The van der Waals surface area contributed by atoms with Crippen molar-refractivity contribution in [3.8, 4) is 0 Å². The highest BCUT2D eigenvalue weighted by Crippen LogP contribution is 2.09. The highest BCUT2D eigenvalue weighted by molar-refractivity contribution is 5.95. The molecule has 1 rings (SSSR count). The van der Waals surface area contributed by atoms with Gasteiger partial charge < -0.3 is 15.0 Å². The number of nitrogens with one attached hydrogen (secondary N) is 1. The van der Waals surface area contributed by atoms with Crippen LogP contribution in [0.25, 0.3) is 0 Å². The van der Waals surface area contributed by atoms with Gasteiger partial charge in [-0.1, -0.05) is 6.92 Å². The first kappa shape index (κ1) is 12.3. The summed E-state index contributed by atoms with van der Waals surface area (Å²) >= 11 is 0. The van der Waals surface area contributed by atoms with Crippen LogP contribution in [0.4, 0.5) is 0 Å². The Hall–Kier alpha value is -1.78. The van der Waals surface area contributed by atoms with E-state index in [1.807, 2.05) is 6.92 Å². The van der Waals surface area contributed by atoms with Gasteiger partial charge >= 0.3 is 5.97 Å². The molecular weight excluding hydrogens is 208 g/mol. The van der Waals surface area contributed by atoms with Crippen LogP contribution in [-0.2, 0) is 4.79 Å². The highest BCUT2D eigenvalue weighted by atomic mass is 16.4. The zero-order valence-corrected chi connectivity index (χ0v) is 9.65. The largest absolute Gasteiger partial charge is 0.481 e. The maximum Gasteiger partial charge on any atom is 0.308 e. The second kappa shape index (κ2) is 4.83. The number of carboxylic acids is 1. The predicted molar refractivity (Wildman–Crippen MR) is 59.3 cm³/mol. The molecule has 0 saturated heterocycles. The number of rotatable bonds is 4. The van der Waals surface area contributed by atoms with Crippen LogP contribution >= 0.6 is 0 Å². The fourth-order valence-corrected chi connectivity index (χ4v) is 1.46. The molecule has 0 aliphatic rings. The van der Waals surface area contributed by atoms with Gasteiger partial charge in [0.15, 0.2) is 0 Å². The second-order valence-electron chi connectivity index (χ2n) is 3.94. The summed E-state index contributed by atoms with van der Waals surface area (Å²) < 4.78 is 0. The van der Waals surface area contributed by atoms with Gasteiger partial charge in [0.1, 0.15) is 0 Å². The molecule has 2 N–H and O–H groups in total. The molecule has 1 aromatic rings. The SMILES string of the molecule is Cc1[nH]ccc1C(=O)N(C)CC(C)C(=O)O. The fourth-order valence-electron chi connectivity index (χ4n) is 1.46. The molecule has 1 amide bonds. The number of carbonyl (C=O) groups excluding carboxylic acids is 1. The first-order valence-corrected chi connectivity index (χ1v) is 5.05. The summed E-state index contributed by atoms with van der Waals surface area (Å²) in [5.41, 5.74) is 1.37. The van der Waals surface area contributed by atoms with Crippen molar-refractivity contribution < 1.29 is 14.7 Å². The molecule has 0 aliphatic heterocycles. The molecule has 1 heterocycles. The highest BCUT2D eigenvalue weighted by Gasteiger charge is 2.19. The maximum absolute atomic E-state index is 11.9. The number of aromatic amines is 1. The number of carboxylic acid groups (broad SMARTS) is 1. The monoisotopic (exact) mass is 224 g/mol. The quantitative estimate of drug-likeness (QED) is 0.804. The van der Waals surface area contributed by atoms with E-state index < -0.39 is 11.9 Å². The molecule has 1 unspecified atom stereocenters. The van der Waals surface area contributed by atoms with Gasteiger partial charge in [0.2, 0.25) is 0 Å². The van der Waals surface area contributed by atoms with Crippen molar-refractivity contribution in [1.29, 1.82) is 0 Å². The number of nitrogens with zero attached hydrogens (tertiary/aromatic N) is 1. The molecule has 0 aromatic carbocycles. The van der Waals surface area contributed by atoms with Crippen molar-refractivity contribution in [2.45, 2.75) is 13.8 Å². The number of hydrogen-bond acceptors (Lipinski definition) is 2. The molecule has 0 saturated carbocycles. The molecule has 5 nitrogen and oxygen atoms in total. The third-order valence-corrected chi connectivity index (χ3v) is 2.50. The molecular formula is C11H16N2O3. The number of aromatic nitrogens is 1. The summed E-state index contributed by atoms with van der Waals surface area (Å²) in [7, 11) is 1.61. The van der Waals surface area contributed by atoms with Crippen LogP contribution in [0.1, 0.15) is 23.0 Å². The van der Waals surface area contributed by atoms with Crippen molar-refractivity contribution in [2.75, 3.05) is 13.6 Å². The van der Waals surface area contributed by atoms with Crippen LogP contribution in [0.15, 0.2) is 12.3 Å². The average molecular weight is 224 g/mol. The van der Waals surface area contributed by atoms with E-state index in [1.165, 1.54) is 4.90 Å². The number of aliphatic carboxylic acids is 1. The van der Waals surface area contributed by atoms with E-state index >= 15 is 0 Å². The first-order chi connectivity index (χ1) is 7.43. The summed E-state index contributed by atoms with van der Waals surface area (Å²) in [5.74, 6) is -1.62.